The lowest BCUT2D eigenvalue weighted by Crippen LogP contribution is -2.20. The Balaban J connectivity index is 2.41. The molecule has 1 saturated carbocycles. The van der Waals surface area contributed by atoms with E-state index in [1.54, 1.807) is 6.92 Å². The van der Waals surface area contributed by atoms with E-state index in [4.69, 9.17) is 4.74 Å². The Kier molecular flexibility index (Phi) is 4.17. The van der Waals surface area contributed by atoms with Crippen molar-refractivity contribution in [1.82, 2.24) is 0 Å². The van der Waals surface area contributed by atoms with Gasteiger partial charge in [0, 0.05) is 18.3 Å². The first kappa shape index (κ1) is 15.0. The Morgan fingerprint density at radius 3 is 2.45 bits per heavy atom. The van der Waals surface area contributed by atoms with Crippen LogP contribution in [0.15, 0.2) is 30.3 Å². The lowest BCUT2D eigenvalue weighted by atomic mass is 10.0. The summed E-state index contributed by atoms with van der Waals surface area (Å²) in [5, 5.41) is 8.90. The highest BCUT2D eigenvalue weighted by molar-refractivity contribution is 7.92. The van der Waals surface area contributed by atoms with E-state index in [1.807, 2.05) is 37.3 Å². The Morgan fingerprint density at radius 1 is 1.30 bits per heavy atom. The number of nitriles is 1. The number of sulfone groups is 1. The fraction of sp³-hybridized carbons (Fsp3) is 0.533. The third-order valence-electron chi connectivity index (χ3n) is 3.96. The Morgan fingerprint density at radius 2 is 1.95 bits per heavy atom. The molecular weight excluding hydrogens is 274 g/mol. The van der Waals surface area contributed by atoms with Gasteiger partial charge < -0.3 is 4.74 Å². The highest BCUT2D eigenvalue weighted by Gasteiger charge is 2.71. The second-order valence-electron chi connectivity index (χ2n) is 5.05. The molecule has 0 amide bonds. The van der Waals surface area contributed by atoms with Crippen LogP contribution in [0.5, 0.6) is 0 Å². The molecule has 2 rings (SSSR count). The van der Waals surface area contributed by atoms with Crippen molar-refractivity contribution in [3.63, 3.8) is 0 Å². The zero-order valence-electron chi connectivity index (χ0n) is 11.7. The van der Waals surface area contributed by atoms with Gasteiger partial charge in [0.05, 0.1) is 17.9 Å². The fourth-order valence-electron chi connectivity index (χ4n) is 2.85. The molecule has 1 fully saturated rings. The van der Waals surface area contributed by atoms with Gasteiger partial charge in [0.25, 0.3) is 0 Å². The van der Waals surface area contributed by atoms with Crippen LogP contribution in [0.4, 0.5) is 0 Å². The van der Waals surface area contributed by atoms with Gasteiger partial charge in [0.2, 0.25) is 0 Å². The fourth-order valence-corrected chi connectivity index (χ4v) is 4.86. The number of hydrogen-bond acceptors (Lipinski definition) is 4. The summed E-state index contributed by atoms with van der Waals surface area (Å²) in [6.07, 6.45) is 0. The Bertz CT molecular complexity index is 606. The lowest BCUT2D eigenvalue weighted by Gasteiger charge is -2.09. The van der Waals surface area contributed by atoms with Crippen LogP contribution < -0.4 is 0 Å². The van der Waals surface area contributed by atoms with Crippen molar-refractivity contribution in [2.75, 3.05) is 19.0 Å². The molecule has 1 aliphatic rings. The first-order valence-corrected chi connectivity index (χ1v) is 8.50. The summed E-state index contributed by atoms with van der Waals surface area (Å²) in [5.41, 5.74) is -0.0394. The van der Waals surface area contributed by atoms with Crippen molar-refractivity contribution in [2.45, 2.75) is 25.0 Å². The molecule has 0 aromatic heterocycles. The average molecular weight is 293 g/mol. The topological polar surface area (TPSA) is 67.2 Å². The van der Waals surface area contributed by atoms with Crippen LogP contribution in [0, 0.1) is 16.7 Å². The van der Waals surface area contributed by atoms with Gasteiger partial charge in [-0.2, -0.15) is 5.26 Å². The smallest absolute Gasteiger partial charge is 0.155 e. The average Bonchev–Trinajstić information content (AvgIpc) is 3.16. The molecule has 0 aliphatic heterocycles. The van der Waals surface area contributed by atoms with Crippen molar-refractivity contribution >= 4 is 9.84 Å². The van der Waals surface area contributed by atoms with Gasteiger partial charge >= 0.3 is 0 Å². The van der Waals surface area contributed by atoms with Crippen LogP contribution in [0.2, 0.25) is 0 Å². The first-order chi connectivity index (χ1) is 9.53. The molecule has 0 bridgehead atoms. The van der Waals surface area contributed by atoms with E-state index in [1.165, 1.54) is 0 Å². The number of ether oxygens (including phenoxy) is 1. The van der Waals surface area contributed by atoms with Crippen molar-refractivity contribution in [3.8, 4) is 6.07 Å². The normalized spacial score (nSPS) is 28.9. The third kappa shape index (κ3) is 2.34. The van der Waals surface area contributed by atoms with Crippen LogP contribution in [0.3, 0.4) is 0 Å². The van der Waals surface area contributed by atoms with Gasteiger partial charge in [-0.05, 0) is 12.5 Å². The second kappa shape index (κ2) is 5.55. The molecule has 1 aliphatic carbocycles. The van der Waals surface area contributed by atoms with Crippen LogP contribution in [-0.4, -0.2) is 32.6 Å². The van der Waals surface area contributed by atoms with Crippen molar-refractivity contribution < 1.29 is 13.2 Å². The van der Waals surface area contributed by atoms with Crippen LogP contribution in [0.1, 0.15) is 25.3 Å². The zero-order valence-corrected chi connectivity index (χ0v) is 12.6. The number of benzene rings is 1. The van der Waals surface area contributed by atoms with Gasteiger partial charge in [0.15, 0.2) is 9.84 Å². The van der Waals surface area contributed by atoms with E-state index in [9.17, 15) is 13.7 Å². The van der Waals surface area contributed by atoms with Crippen LogP contribution in [0.25, 0.3) is 0 Å². The highest BCUT2D eigenvalue weighted by Crippen LogP contribution is 2.62. The van der Waals surface area contributed by atoms with E-state index in [0.29, 0.717) is 6.61 Å². The van der Waals surface area contributed by atoms with Gasteiger partial charge in [-0.25, -0.2) is 8.42 Å². The third-order valence-corrected chi connectivity index (χ3v) is 6.23. The molecule has 0 spiro atoms. The standard InChI is InChI=1S/C15H19NO3S/c1-3-19-11-15(10-16)13(12-8-6-5-7-9-12)14(15)20(17,18)4-2/h5-9,13-14H,3-4,11H2,1-2H3/t13-,14+,15+/m0/s1. The Hall–Kier alpha value is -1.38. The van der Waals surface area contributed by atoms with E-state index in [-0.39, 0.29) is 18.3 Å². The maximum absolute atomic E-state index is 12.3. The summed E-state index contributed by atoms with van der Waals surface area (Å²) in [5.74, 6) is -0.235. The predicted octanol–water partition coefficient (Wildman–Crippen LogP) is 2.13. The molecular formula is C15H19NO3S. The van der Waals surface area contributed by atoms with E-state index in [0.717, 1.165) is 5.56 Å². The van der Waals surface area contributed by atoms with E-state index >= 15 is 0 Å². The SMILES string of the molecule is CCOC[C@@]1(C#N)[C@H](S(=O)(=O)CC)[C@@H]1c1ccccc1. The van der Waals surface area contributed by atoms with Crippen molar-refractivity contribution in [3.05, 3.63) is 35.9 Å². The molecule has 0 N–H and O–H groups in total. The molecule has 5 heteroatoms. The van der Waals surface area contributed by atoms with Crippen LogP contribution in [-0.2, 0) is 14.6 Å². The maximum Gasteiger partial charge on any atom is 0.155 e. The van der Waals surface area contributed by atoms with E-state index < -0.39 is 20.5 Å². The molecule has 0 heterocycles. The zero-order chi connectivity index (χ0) is 14.8. The largest absolute Gasteiger partial charge is 0.380 e. The van der Waals surface area contributed by atoms with Gasteiger partial charge in [-0.1, -0.05) is 37.3 Å². The summed E-state index contributed by atoms with van der Waals surface area (Å²) >= 11 is 0. The molecule has 1 aromatic rings. The summed E-state index contributed by atoms with van der Waals surface area (Å²) < 4.78 is 29.9. The van der Waals surface area contributed by atoms with Gasteiger partial charge in [-0.15, -0.1) is 0 Å². The summed E-state index contributed by atoms with van der Waals surface area (Å²) in [6, 6.07) is 11.6. The summed E-state index contributed by atoms with van der Waals surface area (Å²) in [7, 11) is -3.27. The number of hydrogen-bond donors (Lipinski definition) is 0. The summed E-state index contributed by atoms with van der Waals surface area (Å²) in [6.45, 7) is 4.11. The molecule has 0 radical (unpaired) electrons. The quantitative estimate of drug-likeness (QED) is 0.806. The highest BCUT2D eigenvalue weighted by atomic mass is 32.2. The molecule has 0 unspecified atom stereocenters. The van der Waals surface area contributed by atoms with E-state index in [2.05, 4.69) is 6.07 Å². The summed E-state index contributed by atoms with van der Waals surface area (Å²) in [4.78, 5) is 0. The first-order valence-electron chi connectivity index (χ1n) is 6.79. The Labute approximate surface area is 120 Å². The number of nitrogens with zero attached hydrogens (tertiary/aromatic N) is 1. The van der Waals surface area contributed by atoms with Gasteiger partial charge in [0.1, 0.15) is 5.41 Å². The second-order valence-corrected chi connectivity index (χ2v) is 7.46. The predicted molar refractivity (Wildman–Crippen MR) is 77.0 cm³/mol. The van der Waals surface area contributed by atoms with Gasteiger partial charge in [-0.3, -0.25) is 0 Å². The number of rotatable bonds is 6. The minimum atomic E-state index is -3.27. The minimum absolute atomic E-state index is 0.0521. The van der Waals surface area contributed by atoms with Crippen molar-refractivity contribution in [2.24, 2.45) is 5.41 Å². The molecule has 4 nitrogen and oxygen atoms in total. The monoisotopic (exact) mass is 293 g/mol. The molecule has 1 aromatic carbocycles. The molecule has 108 valence electrons. The minimum Gasteiger partial charge on any atom is -0.380 e. The van der Waals surface area contributed by atoms with Crippen molar-refractivity contribution in [1.29, 1.82) is 5.26 Å². The molecule has 3 atom stereocenters. The maximum atomic E-state index is 12.3. The van der Waals surface area contributed by atoms with Crippen LogP contribution >= 0.6 is 0 Å². The lowest BCUT2D eigenvalue weighted by molar-refractivity contribution is 0.117. The molecule has 20 heavy (non-hydrogen) atoms. The molecule has 0 saturated heterocycles.